The van der Waals surface area contributed by atoms with Crippen LogP contribution in [-0.2, 0) is 4.79 Å². The number of halogens is 2. The second-order valence-electron chi connectivity index (χ2n) is 4.96. The average Bonchev–Trinajstić information content (AvgIpc) is 2.26. The lowest BCUT2D eigenvalue weighted by molar-refractivity contribution is -0.119. The number of hydrogen-bond acceptors (Lipinski definition) is 2. The fraction of sp³-hybridized carbons (Fsp3) is 0.500. The Morgan fingerprint density at radius 2 is 1.79 bits per heavy atom. The van der Waals surface area contributed by atoms with Crippen molar-refractivity contribution in [2.75, 3.05) is 5.32 Å². The summed E-state index contributed by atoms with van der Waals surface area (Å²) in [6.07, 6.45) is 2.40. The van der Waals surface area contributed by atoms with Crippen molar-refractivity contribution in [1.29, 1.82) is 0 Å². The van der Waals surface area contributed by atoms with Gasteiger partial charge in [0.2, 0.25) is 5.91 Å². The summed E-state index contributed by atoms with van der Waals surface area (Å²) in [6.45, 7) is 3.70. The van der Waals surface area contributed by atoms with Gasteiger partial charge in [-0.25, -0.2) is 8.78 Å². The molecule has 3 nitrogen and oxygen atoms in total. The number of nitrogens with two attached hydrogens (primary N) is 1. The molecule has 0 fully saturated rings. The summed E-state index contributed by atoms with van der Waals surface area (Å²) in [6, 6.07) is 3.07. The quantitative estimate of drug-likeness (QED) is 0.834. The smallest absolute Gasteiger partial charge is 0.227 e. The molecule has 2 atom stereocenters. The Morgan fingerprint density at radius 3 is 2.32 bits per heavy atom. The molecule has 5 heteroatoms. The fourth-order valence-corrected chi connectivity index (χ4v) is 1.77. The van der Waals surface area contributed by atoms with Crippen LogP contribution in [0.2, 0.25) is 0 Å². The third kappa shape index (κ3) is 5.79. The minimum Gasteiger partial charge on any atom is -0.328 e. The van der Waals surface area contributed by atoms with E-state index in [2.05, 4.69) is 5.32 Å². The van der Waals surface area contributed by atoms with Crippen molar-refractivity contribution in [3.05, 3.63) is 29.8 Å². The first-order chi connectivity index (χ1) is 8.88. The molecular weight excluding hydrogens is 250 g/mol. The number of nitrogens with one attached hydrogen (secondary N) is 1. The minimum atomic E-state index is -0.708. The van der Waals surface area contributed by atoms with Crippen LogP contribution >= 0.6 is 0 Å². The SMILES string of the molecule is CC(N)CCCC(C)C(=O)Nc1cc(F)cc(F)c1. The molecule has 1 aromatic rings. The van der Waals surface area contributed by atoms with E-state index in [9.17, 15) is 13.6 Å². The van der Waals surface area contributed by atoms with Crippen molar-refractivity contribution in [1.82, 2.24) is 0 Å². The maximum absolute atomic E-state index is 13.0. The highest BCUT2D eigenvalue weighted by Crippen LogP contribution is 2.16. The molecule has 19 heavy (non-hydrogen) atoms. The van der Waals surface area contributed by atoms with Crippen LogP contribution in [0.15, 0.2) is 18.2 Å². The number of rotatable bonds is 6. The van der Waals surface area contributed by atoms with E-state index in [0.717, 1.165) is 31.0 Å². The lowest BCUT2D eigenvalue weighted by Crippen LogP contribution is -2.21. The Labute approximate surface area is 112 Å². The van der Waals surface area contributed by atoms with E-state index in [1.165, 1.54) is 0 Å². The van der Waals surface area contributed by atoms with Crippen LogP contribution in [0.25, 0.3) is 0 Å². The van der Waals surface area contributed by atoms with E-state index in [4.69, 9.17) is 5.73 Å². The van der Waals surface area contributed by atoms with E-state index >= 15 is 0 Å². The van der Waals surface area contributed by atoms with Gasteiger partial charge < -0.3 is 11.1 Å². The Kier molecular flexibility index (Phi) is 5.89. The zero-order chi connectivity index (χ0) is 14.4. The van der Waals surface area contributed by atoms with Gasteiger partial charge in [-0.05, 0) is 31.9 Å². The third-order valence-electron chi connectivity index (χ3n) is 2.87. The topological polar surface area (TPSA) is 55.1 Å². The molecule has 0 saturated heterocycles. The summed E-state index contributed by atoms with van der Waals surface area (Å²) in [5.74, 6) is -1.88. The largest absolute Gasteiger partial charge is 0.328 e. The molecule has 1 rings (SSSR count). The van der Waals surface area contributed by atoms with Gasteiger partial charge in [-0.2, -0.15) is 0 Å². The molecule has 0 saturated carbocycles. The highest BCUT2D eigenvalue weighted by Gasteiger charge is 2.13. The molecule has 0 aliphatic heterocycles. The number of carbonyl (C=O) groups excluding carboxylic acids is 1. The Balaban J connectivity index is 2.49. The van der Waals surface area contributed by atoms with Crippen LogP contribution in [0.1, 0.15) is 33.1 Å². The van der Waals surface area contributed by atoms with Crippen molar-refractivity contribution in [2.24, 2.45) is 11.7 Å². The van der Waals surface area contributed by atoms with E-state index in [-0.39, 0.29) is 23.6 Å². The van der Waals surface area contributed by atoms with Crippen LogP contribution in [0, 0.1) is 17.6 Å². The molecule has 0 aliphatic carbocycles. The number of amides is 1. The highest BCUT2D eigenvalue weighted by molar-refractivity contribution is 5.92. The van der Waals surface area contributed by atoms with Gasteiger partial charge in [0, 0.05) is 23.7 Å². The molecule has 3 N–H and O–H groups in total. The number of carbonyl (C=O) groups is 1. The van der Waals surface area contributed by atoms with Crippen molar-refractivity contribution >= 4 is 11.6 Å². The monoisotopic (exact) mass is 270 g/mol. The average molecular weight is 270 g/mol. The maximum atomic E-state index is 13.0. The number of anilines is 1. The fourth-order valence-electron chi connectivity index (χ4n) is 1.77. The summed E-state index contributed by atoms with van der Waals surface area (Å²) in [5.41, 5.74) is 5.77. The molecule has 1 amide bonds. The van der Waals surface area contributed by atoms with Crippen LogP contribution in [-0.4, -0.2) is 11.9 Å². The molecule has 0 heterocycles. The zero-order valence-electron chi connectivity index (χ0n) is 11.2. The van der Waals surface area contributed by atoms with Crippen molar-refractivity contribution in [2.45, 2.75) is 39.2 Å². The molecule has 0 spiro atoms. The molecule has 0 aromatic heterocycles. The van der Waals surface area contributed by atoms with E-state index < -0.39 is 11.6 Å². The van der Waals surface area contributed by atoms with Crippen molar-refractivity contribution in [3.8, 4) is 0 Å². The van der Waals surface area contributed by atoms with Crippen LogP contribution < -0.4 is 11.1 Å². The van der Waals surface area contributed by atoms with Crippen LogP contribution in [0.3, 0.4) is 0 Å². The first kappa shape index (κ1) is 15.6. The molecule has 106 valence electrons. The predicted molar refractivity (Wildman–Crippen MR) is 71.7 cm³/mol. The second-order valence-corrected chi connectivity index (χ2v) is 4.96. The Bertz CT molecular complexity index is 415. The first-order valence-corrected chi connectivity index (χ1v) is 6.41. The van der Waals surface area contributed by atoms with Crippen LogP contribution in [0.4, 0.5) is 14.5 Å². The molecule has 0 aliphatic rings. The van der Waals surface area contributed by atoms with Gasteiger partial charge in [0.15, 0.2) is 0 Å². The summed E-state index contributed by atoms with van der Waals surface area (Å²) < 4.78 is 25.9. The van der Waals surface area contributed by atoms with Gasteiger partial charge in [-0.1, -0.05) is 13.3 Å². The molecule has 0 bridgehead atoms. The van der Waals surface area contributed by atoms with Crippen molar-refractivity contribution in [3.63, 3.8) is 0 Å². The molecule has 2 unspecified atom stereocenters. The minimum absolute atomic E-state index is 0.118. The second kappa shape index (κ2) is 7.19. The third-order valence-corrected chi connectivity index (χ3v) is 2.87. The van der Waals surface area contributed by atoms with E-state index in [1.807, 2.05) is 6.92 Å². The normalized spacial score (nSPS) is 13.9. The highest BCUT2D eigenvalue weighted by atomic mass is 19.1. The Morgan fingerprint density at radius 1 is 1.21 bits per heavy atom. The number of benzene rings is 1. The lowest BCUT2D eigenvalue weighted by Gasteiger charge is -2.13. The maximum Gasteiger partial charge on any atom is 0.227 e. The molecule has 0 radical (unpaired) electrons. The van der Waals surface area contributed by atoms with Crippen molar-refractivity contribution < 1.29 is 13.6 Å². The molecule has 1 aromatic carbocycles. The molecular formula is C14H20F2N2O. The van der Waals surface area contributed by atoms with Gasteiger partial charge in [0.25, 0.3) is 0 Å². The van der Waals surface area contributed by atoms with Gasteiger partial charge in [0.1, 0.15) is 11.6 Å². The summed E-state index contributed by atoms with van der Waals surface area (Å²) in [5, 5.41) is 2.51. The Hall–Kier alpha value is -1.49. The summed E-state index contributed by atoms with van der Waals surface area (Å²) in [4.78, 5) is 11.8. The standard InChI is InChI=1S/C14H20F2N2O/c1-9(4-3-5-10(2)17)14(19)18-13-7-11(15)6-12(16)8-13/h6-10H,3-5,17H2,1-2H3,(H,18,19). The van der Waals surface area contributed by atoms with E-state index in [1.54, 1.807) is 6.92 Å². The van der Waals surface area contributed by atoms with Crippen LogP contribution in [0.5, 0.6) is 0 Å². The van der Waals surface area contributed by atoms with E-state index in [0.29, 0.717) is 6.42 Å². The zero-order valence-corrected chi connectivity index (χ0v) is 11.2. The summed E-state index contributed by atoms with van der Waals surface area (Å²) in [7, 11) is 0. The van der Waals surface area contributed by atoms with Gasteiger partial charge in [-0.3, -0.25) is 4.79 Å². The van der Waals surface area contributed by atoms with Gasteiger partial charge in [0.05, 0.1) is 0 Å². The first-order valence-electron chi connectivity index (χ1n) is 6.41. The summed E-state index contributed by atoms with van der Waals surface area (Å²) >= 11 is 0. The lowest BCUT2D eigenvalue weighted by atomic mass is 10.0. The predicted octanol–water partition coefficient (Wildman–Crippen LogP) is 3.06. The van der Waals surface area contributed by atoms with Gasteiger partial charge >= 0.3 is 0 Å². The van der Waals surface area contributed by atoms with Gasteiger partial charge in [-0.15, -0.1) is 0 Å². The number of hydrogen-bond donors (Lipinski definition) is 2.